The fraction of sp³-hybridized carbons (Fsp3) is 0.571. The maximum Gasteiger partial charge on any atom is 0.228 e. The standard InChI is InChI=1S/C7H13N5OS/c1-4(2)9-6-10-5(8)11-7(12-6)14(3)13/h4H,1-3H3,(H3,8,9,10,11,12). The Morgan fingerprint density at radius 1 is 1.36 bits per heavy atom. The van der Waals surface area contributed by atoms with Crippen molar-refractivity contribution < 1.29 is 4.21 Å². The van der Waals surface area contributed by atoms with Crippen molar-refractivity contribution in [2.24, 2.45) is 0 Å². The number of hydrogen-bond acceptors (Lipinski definition) is 6. The molecule has 0 aliphatic carbocycles. The summed E-state index contributed by atoms with van der Waals surface area (Å²) in [5.41, 5.74) is 5.44. The SMILES string of the molecule is CC(C)Nc1nc(N)nc(S(C)=O)n1. The van der Waals surface area contributed by atoms with E-state index in [0.29, 0.717) is 5.95 Å². The summed E-state index contributed by atoms with van der Waals surface area (Å²) < 4.78 is 11.1. The Bertz CT molecular complexity index is 354. The molecule has 0 saturated carbocycles. The molecule has 3 N–H and O–H groups in total. The predicted octanol–water partition coefficient (Wildman–Crippen LogP) is 0.0115. The number of aromatic nitrogens is 3. The summed E-state index contributed by atoms with van der Waals surface area (Å²) in [4.78, 5) is 11.6. The van der Waals surface area contributed by atoms with Crippen LogP contribution in [0.3, 0.4) is 0 Å². The molecule has 0 aliphatic heterocycles. The van der Waals surface area contributed by atoms with Gasteiger partial charge in [0.1, 0.15) is 0 Å². The van der Waals surface area contributed by atoms with Gasteiger partial charge in [0.2, 0.25) is 17.1 Å². The molecule has 0 amide bonds. The first-order valence-electron chi connectivity index (χ1n) is 4.10. The van der Waals surface area contributed by atoms with Gasteiger partial charge in [0.15, 0.2) is 0 Å². The Hall–Kier alpha value is -1.24. The zero-order chi connectivity index (χ0) is 10.7. The van der Waals surface area contributed by atoms with Crippen LogP contribution in [0.15, 0.2) is 5.16 Å². The summed E-state index contributed by atoms with van der Waals surface area (Å²) in [6.07, 6.45) is 1.49. The summed E-state index contributed by atoms with van der Waals surface area (Å²) in [7, 11) is -1.25. The normalized spacial score (nSPS) is 12.9. The molecule has 1 rings (SSSR count). The molecular weight excluding hydrogens is 202 g/mol. The summed E-state index contributed by atoms with van der Waals surface area (Å²) >= 11 is 0. The van der Waals surface area contributed by atoms with Gasteiger partial charge in [-0.15, -0.1) is 0 Å². The van der Waals surface area contributed by atoms with Crippen LogP contribution in [0, 0.1) is 0 Å². The van der Waals surface area contributed by atoms with Crippen molar-refractivity contribution in [1.29, 1.82) is 0 Å². The van der Waals surface area contributed by atoms with Gasteiger partial charge >= 0.3 is 0 Å². The van der Waals surface area contributed by atoms with Gasteiger partial charge in [-0.2, -0.15) is 15.0 Å². The third-order valence-electron chi connectivity index (χ3n) is 1.31. The Morgan fingerprint density at radius 3 is 2.50 bits per heavy atom. The maximum absolute atomic E-state index is 11.1. The monoisotopic (exact) mass is 215 g/mol. The molecule has 0 saturated heterocycles. The largest absolute Gasteiger partial charge is 0.368 e. The maximum atomic E-state index is 11.1. The predicted molar refractivity (Wildman–Crippen MR) is 55.3 cm³/mol. The summed E-state index contributed by atoms with van der Waals surface area (Å²) in [6, 6.07) is 0.190. The van der Waals surface area contributed by atoms with E-state index in [9.17, 15) is 4.21 Å². The fourth-order valence-corrected chi connectivity index (χ4v) is 1.26. The Labute approximate surface area is 84.8 Å². The number of rotatable bonds is 3. The van der Waals surface area contributed by atoms with Crippen LogP contribution in [-0.2, 0) is 10.8 Å². The van der Waals surface area contributed by atoms with Gasteiger partial charge in [-0.05, 0) is 13.8 Å². The lowest BCUT2D eigenvalue weighted by Crippen LogP contribution is -2.15. The minimum absolute atomic E-state index is 0.0772. The van der Waals surface area contributed by atoms with Crippen LogP contribution < -0.4 is 11.1 Å². The van der Waals surface area contributed by atoms with E-state index >= 15 is 0 Å². The van der Waals surface area contributed by atoms with Crippen LogP contribution in [0.4, 0.5) is 11.9 Å². The van der Waals surface area contributed by atoms with Crippen LogP contribution in [0.25, 0.3) is 0 Å². The number of hydrogen-bond donors (Lipinski definition) is 2. The lowest BCUT2D eigenvalue weighted by Gasteiger charge is -2.08. The van der Waals surface area contributed by atoms with Gasteiger partial charge in [0, 0.05) is 12.3 Å². The van der Waals surface area contributed by atoms with E-state index in [-0.39, 0.29) is 17.1 Å². The first kappa shape index (κ1) is 10.8. The molecule has 1 aromatic heterocycles. The highest BCUT2D eigenvalue weighted by molar-refractivity contribution is 7.84. The topological polar surface area (TPSA) is 93.8 Å². The molecular formula is C7H13N5OS. The molecule has 0 radical (unpaired) electrons. The zero-order valence-electron chi connectivity index (χ0n) is 8.31. The molecule has 0 bridgehead atoms. The van der Waals surface area contributed by atoms with Crippen molar-refractivity contribution >= 4 is 22.7 Å². The van der Waals surface area contributed by atoms with Gasteiger partial charge in [0.25, 0.3) is 0 Å². The molecule has 1 unspecified atom stereocenters. The smallest absolute Gasteiger partial charge is 0.228 e. The van der Waals surface area contributed by atoms with E-state index in [4.69, 9.17) is 5.73 Å². The third kappa shape index (κ3) is 2.91. The highest BCUT2D eigenvalue weighted by Gasteiger charge is 2.07. The highest BCUT2D eigenvalue weighted by Crippen LogP contribution is 2.06. The van der Waals surface area contributed by atoms with Crippen LogP contribution >= 0.6 is 0 Å². The molecule has 0 aliphatic rings. The highest BCUT2D eigenvalue weighted by atomic mass is 32.2. The summed E-state index contributed by atoms with van der Waals surface area (Å²) in [5.74, 6) is 0.436. The first-order valence-corrected chi connectivity index (χ1v) is 5.66. The second kappa shape index (κ2) is 4.32. The van der Waals surface area contributed by atoms with E-state index < -0.39 is 10.8 Å². The van der Waals surface area contributed by atoms with Gasteiger partial charge in [0.05, 0.1) is 10.8 Å². The Kier molecular flexibility index (Phi) is 3.34. The molecule has 6 nitrogen and oxygen atoms in total. The van der Waals surface area contributed by atoms with Gasteiger partial charge in [-0.1, -0.05) is 0 Å². The number of nitrogens with zero attached hydrogens (tertiary/aromatic N) is 3. The van der Waals surface area contributed by atoms with Crippen LogP contribution in [-0.4, -0.2) is 31.5 Å². The van der Waals surface area contributed by atoms with Crippen LogP contribution in [0.5, 0.6) is 0 Å². The summed E-state index contributed by atoms with van der Waals surface area (Å²) in [6.45, 7) is 3.89. The van der Waals surface area contributed by atoms with Crippen molar-refractivity contribution in [3.63, 3.8) is 0 Å². The minimum atomic E-state index is -1.25. The van der Waals surface area contributed by atoms with Crippen molar-refractivity contribution in [3.05, 3.63) is 0 Å². The second-order valence-electron chi connectivity index (χ2n) is 3.05. The van der Waals surface area contributed by atoms with Crippen LogP contribution in [0.2, 0.25) is 0 Å². The first-order chi connectivity index (χ1) is 6.49. The average molecular weight is 215 g/mol. The van der Waals surface area contributed by atoms with E-state index in [1.165, 1.54) is 6.26 Å². The van der Waals surface area contributed by atoms with Crippen molar-refractivity contribution in [2.75, 3.05) is 17.3 Å². The fourth-order valence-electron chi connectivity index (χ4n) is 0.823. The zero-order valence-corrected chi connectivity index (χ0v) is 9.13. The molecule has 0 spiro atoms. The van der Waals surface area contributed by atoms with Gasteiger partial charge in [-0.3, -0.25) is 4.21 Å². The molecule has 1 aromatic rings. The van der Waals surface area contributed by atoms with Crippen molar-refractivity contribution in [1.82, 2.24) is 15.0 Å². The summed E-state index contributed by atoms with van der Waals surface area (Å²) in [5, 5.41) is 3.16. The molecule has 0 aromatic carbocycles. The van der Waals surface area contributed by atoms with E-state index in [1.807, 2.05) is 13.8 Å². The molecule has 78 valence electrons. The number of nitrogen functional groups attached to an aromatic ring is 1. The number of nitrogens with two attached hydrogens (primary N) is 1. The van der Waals surface area contributed by atoms with E-state index in [2.05, 4.69) is 20.3 Å². The average Bonchev–Trinajstić information content (AvgIpc) is 2.01. The lowest BCUT2D eigenvalue weighted by atomic mass is 10.4. The lowest BCUT2D eigenvalue weighted by molar-refractivity contribution is 0.678. The molecule has 1 heterocycles. The van der Waals surface area contributed by atoms with E-state index in [1.54, 1.807) is 0 Å². The van der Waals surface area contributed by atoms with E-state index in [0.717, 1.165) is 0 Å². The molecule has 7 heteroatoms. The Morgan fingerprint density at radius 2 is 2.00 bits per heavy atom. The number of anilines is 2. The molecule has 0 fully saturated rings. The molecule has 14 heavy (non-hydrogen) atoms. The quantitative estimate of drug-likeness (QED) is 0.737. The van der Waals surface area contributed by atoms with Crippen LogP contribution in [0.1, 0.15) is 13.8 Å². The minimum Gasteiger partial charge on any atom is -0.368 e. The second-order valence-corrected chi connectivity index (χ2v) is 4.33. The van der Waals surface area contributed by atoms with Crippen molar-refractivity contribution in [3.8, 4) is 0 Å². The Balaban J connectivity index is 3.01. The number of nitrogens with one attached hydrogen (secondary N) is 1. The van der Waals surface area contributed by atoms with Crippen molar-refractivity contribution in [2.45, 2.75) is 25.0 Å². The molecule has 1 atom stereocenters. The van der Waals surface area contributed by atoms with Gasteiger partial charge < -0.3 is 11.1 Å². The van der Waals surface area contributed by atoms with Gasteiger partial charge in [-0.25, -0.2) is 0 Å². The third-order valence-corrected chi connectivity index (χ3v) is 2.00.